The number of hydrogen-bond acceptors (Lipinski definition) is 9. The molecule has 1 aromatic carbocycles. The second kappa shape index (κ2) is 7.58. The van der Waals surface area contributed by atoms with E-state index in [1.54, 1.807) is 6.07 Å². The van der Waals surface area contributed by atoms with Gasteiger partial charge in [0.25, 0.3) is 0 Å². The van der Waals surface area contributed by atoms with Crippen molar-refractivity contribution in [1.29, 1.82) is 4.78 Å². The fourth-order valence-corrected chi connectivity index (χ4v) is 3.62. The summed E-state index contributed by atoms with van der Waals surface area (Å²) < 4.78 is 36.8. The first-order valence-electron chi connectivity index (χ1n) is 7.99. The Hall–Kier alpha value is -2.57. The number of aliphatic hydroxyl groups excluding tert-OH is 1. The Morgan fingerprint density at radius 1 is 1.56 bits per heavy atom. The first-order chi connectivity index (χ1) is 12.8. The van der Waals surface area contributed by atoms with Crippen molar-refractivity contribution in [3.63, 3.8) is 0 Å². The van der Waals surface area contributed by atoms with Gasteiger partial charge in [-0.15, -0.1) is 0 Å². The van der Waals surface area contributed by atoms with E-state index in [-0.39, 0.29) is 41.5 Å². The van der Waals surface area contributed by atoms with Crippen LogP contribution in [0.5, 0.6) is 0 Å². The molecular formula is C15H19FN6O4S. The lowest BCUT2D eigenvalue weighted by molar-refractivity contribution is 0.211. The van der Waals surface area contributed by atoms with Crippen LogP contribution in [0.1, 0.15) is 22.9 Å². The van der Waals surface area contributed by atoms with Crippen molar-refractivity contribution < 1.29 is 23.5 Å². The number of hydrogen-bond donors (Lipinski definition) is 5. The van der Waals surface area contributed by atoms with E-state index in [0.29, 0.717) is 6.42 Å². The summed E-state index contributed by atoms with van der Waals surface area (Å²) in [6.45, 7) is -0.0545. The third kappa shape index (κ3) is 4.59. The van der Waals surface area contributed by atoms with Gasteiger partial charge in [0, 0.05) is 22.5 Å². The highest BCUT2D eigenvalue weighted by molar-refractivity contribution is 7.91. The van der Waals surface area contributed by atoms with E-state index >= 15 is 0 Å². The first-order valence-corrected chi connectivity index (χ1v) is 10.1. The fraction of sp³-hybridized carbons (Fsp3) is 0.400. The molecule has 0 saturated heterocycles. The highest BCUT2D eigenvalue weighted by Gasteiger charge is 2.28. The van der Waals surface area contributed by atoms with Gasteiger partial charge in [-0.1, -0.05) is 6.07 Å². The summed E-state index contributed by atoms with van der Waals surface area (Å²) in [6, 6.07) is 4.10. The third-order valence-electron chi connectivity index (χ3n) is 4.00. The molecule has 2 aromatic rings. The van der Waals surface area contributed by atoms with Crippen molar-refractivity contribution in [2.24, 2.45) is 4.99 Å². The molecule has 3 atom stereocenters. The second-order valence-corrected chi connectivity index (χ2v) is 8.66. The van der Waals surface area contributed by atoms with E-state index < -0.39 is 15.8 Å². The monoisotopic (exact) mass is 398 g/mol. The van der Waals surface area contributed by atoms with Crippen LogP contribution in [0.4, 0.5) is 10.2 Å². The summed E-state index contributed by atoms with van der Waals surface area (Å²) in [5.41, 5.74) is 3.69. The molecule has 1 aliphatic carbocycles. The zero-order valence-electron chi connectivity index (χ0n) is 14.3. The lowest BCUT2D eigenvalue weighted by atomic mass is 9.83. The minimum atomic E-state index is -2.85. The number of hydroxylamine groups is 1. The zero-order chi connectivity index (χ0) is 19.6. The minimum absolute atomic E-state index is 0.0343. The van der Waals surface area contributed by atoms with Crippen LogP contribution < -0.4 is 10.8 Å². The number of rotatable bonds is 7. The smallest absolute Gasteiger partial charge is 0.202 e. The standard InChI is InChI=1S/C15H19FN6O4S/c1-27(17,25)7-10(23)6-18-14-13(21-26-22-14)15(20-24)19-12-4-8-2-3-9(16)5-11(8)12/h2-3,5,10,12,17,23-24H,4,6-7H2,1H3,(H,18,22)(H,19,20)/t10-,12+,27-/m1/s1. The molecule has 5 N–H and O–H groups in total. The van der Waals surface area contributed by atoms with Gasteiger partial charge in [-0.2, -0.15) is 0 Å². The number of aliphatic imine (C=N–C) groups is 1. The molecule has 27 heavy (non-hydrogen) atoms. The van der Waals surface area contributed by atoms with Gasteiger partial charge < -0.3 is 10.4 Å². The number of benzene rings is 1. The molecule has 0 bridgehead atoms. The van der Waals surface area contributed by atoms with Crippen LogP contribution in [0.25, 0.3) is 0 Å². The van der Waals surface area contributed by atoms with Crippen molar-refractivity contribution >= 4 is 21.4 Å². The van der Waals surface area contributed by atoms with Gasteiger partial charge in [0.05, 0.1) is 17.9 Å². The maximum atomic E-state index is 13.4. The molecule has 0 fully saturated rings. The third-order valence-corrected chi connectivity index (χ3v) is 5.02. The second-order valence-electron chi connectivity index (χ2n) is 6.32. The summed E-state index contributed by atoms with van der Waals surface area (Å²) >= 11 is 0. The zero-order valence-corrected chi connectivity index (χ0v) is 15.2. The van der Waals surface area contributed by atoms with Crippen LogP contribution in [0, 0.1) is 10.6 Å². The number of anilines is 1. The van der Waals surface area contributed by atoms with Gasteiger partial charge in [0.1, 0.15) is 5.82 Å². The molecule has 1 heterocycles. The van der Waals surface area contributed by atoms with Crippen LogP contribution in [0.15, 0.2) is 27.8 Å². The summed E-state index contributed by atoms with van der Waals surface area (Å²) in [5.74, 6) is -0.508. The van der Waals surface area contributed by atoms with Gasteiger partial charge in [-0.3, -0.25) is 24.7 Å². The van der Waals surface area contributed by atoms with Gasteiger partial charge in [-0.25, -0.2) is 9.02 Å². The first kappa shape index (κ1) is 19.2. The van der Waals surface area contributed by atoms with Gasteiger partial charge in [-0.05, 0) is 40.0 Å². The lowest BCUT2D eigenvalue weighted by Gasteiger charge is -2.27. The van der Waals surface area contributed by atoms with Crippen LogP contribution >= 0.6 is 0 Å². The Morgan fingerprint density at radius 2 is 2.33 bits per heavy atom. The Morgan fingerprint density at radius 3 is 3.04 bits per heavy atom. The topological polar surface area (TPSA) is 157 Å². The average molecular weight is 398 g/mol. The number of nitrogens with zero attached hydrogens (tertiary/aromatic N) is 3. The quantitative estimate of drug-likeness (QED) is 0.259. The van der Waals surface area contributed by atoms with E-state index in [9.17, 15) is 18.9 Å². The average Bonchev–Trinajstić information content (AvgIpc) is 3.03. The Labute approximate surface area is 154 Å². The van der Waals surface area contributed by atoms with Crippen LogP contribution in [0.2, 0.25) is 0 Å². The summed E-state index contributed by atoms with van der Waals surface area (Å²) in [6.07, 6.45) is 0.773. The SMILES string of the molecule is C[S@@](=N)(=O)C[C@H](O)CNc1nonc1C(=N[C@H]1Cc2ccc(F)cc21)NO. The van der Waals surface area contributed by atoms with Crippen molar-refractivity contribution in [2.75, 3.05) is 23.9 Å². The molecule has 12 heteroatoms. The molecule has 3 rings (SSSR count). The molecule has 1 aromatic heterocycles. The molecule has 0 aliphatic heterocycles. The van der Waals surface area contributed by atoms with Gasteiger partial charge in [0.2, 0.25) is 5.82 Å². The largest absolute Gasteiger partial charge is 0.390 e. The van der Waals surface area contributed by atoms with E-state index in [2.05, 4.69) is 25.3 Å². The van der Waals surface area contributed by atoms with Crippen LogP contribution in [-0.4, -0.2) is 55.3 Å². The normalized spacial score (nSPS) is 19.6. The molecule has 10 nitrogen and oxygen atoms in total. The molecule has 0 unspecified atom stereocenters. The van der Waals surface area contributed by atoms with Crippen LogP contribution in [0.3, 0.4) is 0 Å². The van der Waals surface area contributed by atoms with E-state index in [1.165, 1.54) is 18.4 Å². The predicted molar refractivity (Wildman–Crippen MR) is 94.8 cm³/mol. The summed E-state index contributed by atoms with van der Waals surface area (Å²) in [5, 5.41) is 29.3. The van der Waals surface area contributed by atoms with E-state index in [0.717, 1.165) is 11.1 Å². The van der Waals surface area contributed by atoms with Crippen molar-refractivity contribution in [3.05, 3.63) is 40.8 Å². The minimum Gasteiger partial charge on any atom is -0.390 e. The maximum absolute atomic E-state index is 13.4. The number of amidine groups is 1. The fourth-order valence-electron chi connectivity index (χ4n) is 2.76. The number of aromatic nitrogens is 2. The predicted octanol–water partition coefficient (Wildman–Crippen LogP) is 0.681. The van der Waals surface area contributed by atoms with Crippen molar-refractivity contribution in [1.82, 2.24) is 15.8 Å². The number of nitrogens with one attached hydrogen (secondary N) is 3. The molecule has 0 radical (unpaired) electrons. The molecule has 146 valence electrons. The molecular weight excluding hydrogens is 379 g/mol. The maximum Gasteiger partial charge on any atom is 0.202 e. The van der Waals surface area contributed by atoms with Gasteiger partial charge in [0.15, 0.2) is 11.5 Å². The molecule has 0 amide bonds. The highest BCUT2D eigenvalue weighted by Crippen LogP contribution is 2.36. The van der Waals surface area contributed by atoms with E-state index in [1.807, 2.05) is 5.48 Å². The molecule has 1 aliphatic rings. The Bertz CT molecular complexity index is 961. The lowest BCUT2D eigenvalue weighted by Crippen LogP contribution is -2.29. The highest BCUT2D eigenvalue weighted by atomic mass is 32.2. The Balaban J connectivity index is 1.73. The Kier molecular flexibility index (Phi) is 5.39. The number of fused-ring (bicyclic) bond motifs is 1. The molecule has 0 saturated carbocycles. The number of halogens is 1. The van der Waals surface area contributed by atoms with Gasteiger partial charge >= 0.3 is 0 Å². The van der Waals surface area contributed by atoms with Crippen molar-refractivity contribution in [3.8, 4) is 0 Å². The summed E-state index contributed by atoms with van der Waals surface area (Å²) in [4.78, 5) is 4.32. The number of aliphatic hydroxyl groups is 1. The molecule has 0 spiro atoms. The van der Waals surface area contributed by atoms with E-state index in [4.69, 9.17) is 4.78 Å². The van der Waals surface area contributed by atoms with Crippen LogP contribution in [-0.2, 0) is 16.1 Å². The van der Waals surface area contributed by atoms with Crippen molar-refractivity contribution in [2.45, 2.75) is 18.6 Å². The summed E-state index contributed by atoms with van der Waals surface area (Å²) in [7, 11) is -2.85.